The maximum atomic E-state index is 11.6. The highest BCUT2D eigenvalue weighted by Gasteiger charge is 2.16. The van der Waals surface area contributed by atoms with E-state index in [1.165, 1.54) is 7.11 Å². The molecule has 5 nitrogen and oxygen atoms in total. The van der Waals surface area contributed by atoms with Gasteiger partial charge in [0.25, 0.3) is 0 Å². The number of nitrogens with one attached hydrogen (secondary N) is 2. The number of nitrogens with zero attached hydrogens (tertiary/aromatic N) is 1. The zero-order chi connectivity index (χ0) is 17.2. The number of halogens is 2. The van der Waals surface area contributed by atoms with Crippen LogP contribution in [0, 0.1) is 11.3 Å². The van der Waals surface area contributed by atoms with Gasteiger partial charge in [0.1, 0.15) is 6.07 Å². The number of hydrogen-bond acceptors (Lipinski definition) is 5. The number of esters is 1. The van der Waals surface area contributed by atoms with Crippen molar-refractivity contribution in [2.75, 3.05) is 19.0 Å². The number of hydrogen-bond donors (Lipinski definition) is 2. The lowest BCUT2D eigenvalue weighted by molar-refractivity contribution is -0.140. The molecule has 7 heteroatoms. The number of ether oxygens (including phenoxy) is 1. The Morgan fingerprint density at radius 3 is 2.50 bits per heavy atom. The number of nitriles is 1. The van der Waals surface area contributed by atoms with Crippen molar-refractivity contribution in [1.29, 1.82) is 5.26 Å². The molecule has 134 valence electrons. The molecular formula is C17H25Cl2N3O2. The largest absolute Gasteiger partial charge is 0.469 e. The molecule has 2 N–H and O–H groups in total. The van der Waals surface area contributed by atoms with E-state index >= 15 is 0 Å². The van der Waals surface area contributed by atoms with Crippen molar-refractivity contribution in [3.63, 3.8) is 0 Å². The summed E-state index contributed by atoms with van der Waals surface area (Å²) in [7, 11) is 1.38. The molecule has 1 aromatic carbocycles. The highest BCUT2D eigenvalue weighted by atomic mass is 35.5. The van der Waals surface area contributed by atoms with Gasteiger partial charge in [-0.3, -0.25) is 4.79 Å². The summed E-state index contributed by atoms with van der Waals surface area (Å²) in [5, 5.41) is 16.0. The molecule has 0 radical (unpaired) electrons. The van der Waals surface area contributed by atoms with Crippen molar-refractivity contribution in [2.45, 2.75) is 45.2 Å². The fourth-order valence-electron chi connectivity index (χ4n) is 2.28. The molecule has 0 aliphatic carbocycles. The SMILES string of the molecule is CCC(CC)NC[C@H](CC(=O)OC)Nc1ccc(C#N)c(Cl)c1.Cl. The minimum Gasteiger partial charge on any atom is -0.469 e. The van der Waals surface area contributed by atoms with Crippen LogP contribution in [0.5, 0.6) is 0 Å². The molecule has 0 amide bonds. The van der Waals surface area contributed by atoms with Crippen molar-refractivity contribution in [1.82, 2.24) is 5.32 Å². The average Bonchev–Trinajstić information content (AvgIpc) is 2.55. The van der Waals surface area contributed by atoms with Crippen molar-refractivity contribution in [3.8, 4) is 6.07 Å². The number of methoxy groups -OCH3 is 1. The van der Waals surface area contributed by atoms with E-state index in [0.717, 1.165) is 18.5 Å². The van der Waals surface area contributed by atoms with E-state index in [2.05, 4.69) is 24.5 Å². The molecule has 0 fully saturated rings. The smallest absolute Gasteiger partial charge is 0.307 e. The third-order valence-electron chi connectivity index (χ3n) is 3.74. The lowest BCUT2D eigenvalue weighted by atomic mass is 10.1. The summed E-state index contributed by atoms with van der Waals surface area (Å²) >= 11 is 6.05. The fourth-order valence-corrected chi connectivity index (χ4v) is 2.50. The normalized spacial score (nSPS) is 11.3. The average molecular weight is 374 g/mol. The molecule has 0 aliphatic rings. The highest BCUT2D eigenvalue weighted by Crippen LogP contribution is 2.21. The lowest BCUT2D eigenvalue weighted by Gasteiger charge is -2.23. The van der Waals surface area contributed by atoms with Crippen LogP contribution in [-0.4, -0.2) is 31.7 Å². The Morgan fingerprint density at radius 2 is 2.00 bits per heavy atom. The molecule has 0 bridgehead atoms. The zero-order valence-corrected chi connectivity index (χ0v) is 15.8. The summed E-state index contributed by atoms with van der Waals surface area (Å²) in [5.41, 5.74) is 1.20. The predicted molar refractivity (Wildman–Crippen MR) is 99.8 cm³/mol. The number of benzene rings is 1. The summed E-state index contributed by atoms with van der Waals surface area (Å²) in [5.74, 6) is -0.270. The molecule has 0 heterocycles. The van der Waals surface area contributed by atoms with Crippen LogP contribution in [0.2, 0.25) is 5.02 Å². The van der Waals surface area contributed by atoms with E-state index in [9.17, 15) is 4.79 Å². The quantitative estimate of drug-likeness (QED) is 0.644. The fraction of sp³-hybridized carbons (Fsp3) is 0.529. The second-order valence-electron chi connectivity index (χ2n) is 5.35. The number of rotatable bonds is 9. The van der Waals surface area contributed by atoms with Gasteiger partial charge < -0.3 is 15.4 Å². The molecular weight excluding hydrogens is 349 g/mol. The Balaban J connectivity index is 0.00000529. The summed E-state index contributed by atoms with van der Waals surface area (Å²) in [4.78, 5) is 11.6. The van der Waals surface area contributed by atoms with E-state index in [-0.39, 0.29) is 30.8 Å². The molecule has 1 aromatic rings. The van der Waals surface area contributed by atoms with E-state index in [1.807, 2.05) is 6.07 Å². The molecule has 0 spiro atoms. The van der Waals surface area contributed by atoms with E-state index in [4.69, 9.17) is 21.6 Å². The minimum absolute atomic E-state index is 0. The maximum Gasteiger partial charge on any atom is 0.307 e. The maximum absolute atomic E-state index is 11.6. The zero-order valence-electron chi connectivity index (χ0n) is 14.3. The van der Waals surface area contributed by atoms with E-state index in [0.29, 0.717) is 23.2 Å². The van der Waals surface area contributed by atoms with Crippen LogP contribution in [0.3, 0.4) is 0 Å². The molecule has 0 unspecified atom stereocenters. The molecule has 0 saturated carbocycles. The summed E-state index contributed by atoms with van der Waals surface area (Å²) in [6.45, 7) is 4.90. The summed E-state index contributed by atoms with van der Waals surface area (Å²) < 4.78 is 4.76. The minimum atomic E-state index is -0.270. The third kappa shape index (κ3) is 7.39. The highest BCUT2D eigenvalue weighted by molar-refractivity contribution is 6.32. The van der Waals surface area contributed by atoms with Gasteiger partial charge in [0.2, 0.25) is 0 Å². The van der Waals surface area contributed by atoms with Crippen molar-refractivity contribution in [2.24, 2.45) is 0 Å². The first-order valence-corrected chi connectivity index (χ1v) is 8.18. The van der Waals surface area contributed by atoms with Gasteiger partial charge in [0.05, 0.1) is 24.1 Å². The molecule has 0 aliphatic heterocycles. The number of carbonyl (C=O) groups excluding carboxylic acids is 1. The third-order valence-corrected chi connectivity index (χ3v) is 4.05. The first-order chi connectivity index (χ1) is 11.0. The van der Waals surface area contributed by atoms with Crippen molar-refractivity contribution < 1.29 is 9.53 Å². The van der Waals surface area contributed by atoms with Crippen LogP contribution in [0.1, 0.15) is 38.7 Å². The van der Waals surface area contributed by atoms with Gasteiger partial charge in [-0.05, 0) is 31.0 Å². The van der Waals surface area contributed by atoms with Crippen LogP contribution in [0.15, 0.2) is 18.2 Å². The van der Waals surface area contributed by atoms with Gasteiger partial charge in [-0.15, -0.1) is 12.4 Å². The molecule has 0 aromatic heterocycles. The van der Waals surface area contributed by atoms with Crippen molar-refractivity contribution in [3.05, 3.63) is 28.8 Å². The van der Waals surface area contributed by atoms with Gasteiger partial charge in [-0.2, -0.15) is 5.26 Å². The van der Waals surface area contributed by atoms with E-state index in [1.54, 1.807) is 18.2 Å². The van der Waals surface area contributed by atoms with Gasteiger partial charge in [0, 0.05) is 24.3 Å². The first kappa shape index (κ1) is 22.5. The molecule has 0 saturated heterocycles. The van der Waals surface area contributed by atoms with Crippen molar-refractivity contribution >= 4 is 35.7 Å². The van der Waals surface area contributed by atoms with Crippen LogP contribution in [0.4, 0.5) is 5.69 Å². The summed E-state index contributed by atoms with van der Waals surface area (Å²) in [6.07, 6.45) is 2.32. The molecule has 1 rings (SSSR count). The standard InChI is InChI=1S/C17H24ClN3O2.ClH/c1-4-13(5-2)20-11-15(9-17(22)23-3)21-14-7-6-12(10-19)16(18)8-14;/h6-8,13,15,20-21H,4-5,9,11H2,1-3H3;1H/t15-;/m0./s1. The second kappa shape index (κ2) is 12.0. The summed E-state index contributed by atoms with van der Waals surface area (Å²) in [6, 6.07) is 7.47. The molecule has 1 atom stereocenters. The monoisotopic (exact) mass is 373 g/mol. The van der Waals surface area contributed by atoms with Crippen LogP contribution < -0.4 is 10.6 Å². The number of anilines is 1. The predicted octanol–water partition coefficient (Wildman–Crippen LogP) is 3.76. The Labute approximate surface area is 155 Å². The Morgan fingerprint density at radius 1 is 1.33 bits per heavy atom. The second-order valence-corrected chi connectivity index (χ2v) is 5.76. The molecule has 24 heavy (non-hydrogen) atoms. The number of carbonyl (C=O) groups is 1. The Hall–Kier alpha value is -1.48. The van der Waals surface area contributed by atoms with Crippen LogP contribution >= 0.6 is 24.0 Å². The Bertz CT molecular complexity index is 557. The van der Waals surface area contributed by atoms with Crippen LogP contribution in [-0.2, 0) is 9.53 Å². The Kier molecular flexibility index (Phi) is 11.2. The van der Waals surface area contributed by atoms with Gasteiger partial charge in [-0.25, -0.2) is 0 Å². The first-order valence-electron chi connectivity index (χ1n) is 7.80. The lowest BCUT2D eigenvalue weighted by Crippen LogP contribution is -2.39. The topological polar surface area (TPSA) is 74.2 Å². The van der Waals surface area contributed by atoms with Gasteiger partial charge in [0.15, 0.2) is 0 Å². The van der Waals surface area contributed by atoms with Gasteiger partial charge in [-0.1, -0.05) is 25.4 Å². The van der Waals surface area contributed by atoms with Gasteiger partial charge >= 0.3 is 5.97 Å². The van der Waals surface area contributed by atoms with Crippen LogP contribution in [0.25, 0.3) is 0 Å². The van der Waals surface area contributed by atoms with E-state index < -0.39 is 0 Å².